The Balaban J connectivity index is 1.35. The topological polar surface area (TPSA) is 263 Å². The number of fused-ring (bicyclic) bond motifs is 9. The average molecular weight is 802 g/mol. The van der Waals surface area contributed by atoms with Crippen molar-refractivity contribution in [1.82, 2.24) is 0 Å². The van der Waals surface area contributed by atoms with Crippen LogP contribution in [0, 0.1) is 57.7 Å². The van der Waals surface area contributed by atoms with Crippen molar-refractivity contribution in [2.24, 2.45) is 62.8 Å². The molecule has 3 aliphatic heterocycles. The second-order valence-electron chi connectivity index (χ2n) is 18.4. The van der Waals surface area contributed by atoms with Crippen LogP contribution in [-0.2, 0) is 61.9 Å². The average Bonchev–Trinajstić information content (AvgIpc) is 4.02. The molecule has 5 aliphatic carbocycles. The molecule has 312 valence electrons. The SMILES string of the molecule is CC(=O)O[C@H]1[C@H]2[C@H]([C@@H]3[C@@H](O)[C@@H]4[C@H]([C@H](C)[C@H]5O[C@]56OC(=O)[C@@](C)(O)[C@]46C)[C@@]3(C)[C@H]1OC(C)=O)[C@@H](OC(=O)CCCCN=[N+]=[N-])C(=O)[C@H]1C[C@@H]3O[C@@H]3[C@H](OC(C)=O)[C@]21C. The van der Waals surface area contributed by atoms with E-state index in [0.717, 1.165) is 0 Å². The van der Waals surface area contributed by atoms with Crippen LogP contribution in [0.1, 0.15) is 81.1 Å². The van der Waals surface area contributed by atoms with Crippen LogP contribution in [0.4, 0.5) is 0 Å². The van der Waals surface area contributed by atoms with Gasteiger partial charge in [-0.1, -0.05) is 25.9 Å². The minimum Gasteiger partial charge on any atom is -0.459 e. The summed E-state index contributed by atoms with van der Waals surface area (Å²) in [6.07, 6.45) is -7.87. The number of rotatable bonds is 9. The Labute approximate surface area is 328 Å². The number of Topliss-reactive ketones (excluding diaryl/α,β-unsaturated/α-hetero) is 1. The molecule has 2 N–H and O–H groups in total. The maximum absolute atomic E-state index is 15.3. The summed E-state index contributed by atoms with van der Waals surface area (Å²) >= 11 is 0. The van der Waals surface area contributed by atoms with Crippen molar-refractivity contribution in [3.05, 3.63) is 10.4 Å². The molecule has 5 saturated carbocycles. The zero-order chi connectivity index (χ0) is 41.5. The van der Waals surface area contributed by atoms with E-state index in [-0.39, 0.29) is 25.8 Å². The second-order valence-corrected chi connectivity index (χ2v) is 18.4. The van der Waals surface area contributed by atoms with E-state index in [1.807, 2.05) is 6.92 Å². The van der Waals surface area contributed by atoms with Gasteiger partial charge in [0.15, 0.2) is 17.5 Å². The molecule has 8 rings (SSSR count). The molecule has 0 unspecified atom stereocenters. The zero-order valence-corrected chi connectivity index (χ0v) is 33.2. The normalized spacial score (nSPS) is 51.7. The van der Waals surface area contributed by atoms with Crippen molar-refractivity contribution in [2.75, 3.05) is 6.54 Å². The molecule has 8 aliphatic rings. The molecule has 0 aromatic carbocycles. The number of epoxide rings is 2. The lowest BCUT2D eigenvalue weighted by atomic mass is 9.41. The highest BCUT2D eigenvalue weighted by atomic mass is 16.8. The van der Waals surface area contributed by atoms with Gasteiger partial charge in [0.05, 0.1) is 17.6 Å². The molecule has 0 aromatic heterocycles. The molecule has 0 aromatic rings. The third kappa shape index (κ3) is 5.06. The van der Waals surface area contributed by atoms with E-state index in [1.165, 1.54) is 27.7 Å². The fourth-order valence-corrected chi connectivity index (χ4v) is 13.7. The van der Waals surface area contributed by atoms with E-state index >= 15 is 4.79 Å². The maximum Gasteiger partial charge on any atom is 0.341 e. The van der Waals surface area contributed by atoms with E-state index in [9.17, 15) is 34.2 Å². The minimum atomic E-state index is -2.18. The van der Waals surface area contributed by atoms with Gasteiger partial charge in [-0.05, 0) is 50.5 Å². The van der Waals surface area contributed by atoms with Gasteiger partial charge in [-0.15, -0.1) is 0 Å². The highest BCUT2D eigenvalue weighted by molar-refractivity contribution is 5.90. The van der Waals surface area contributed by atoms with E-state index < -0.39 is 154 Å². The predicted molar refractivity (Wildman–Crippen MR) is 187 cm³/mol. The lowest BCUT2D eigenvalue weighted by Crippen LogP contribution is -2.75. The Morgan fingerprint density at radius 3 is 2.18 bits per heavy atom. The number of carbonyl (C=O) groups excluding carboxylic acids is 6. The lowest BCUT2D eigenvalue weighted by molar-refractivity contribution is -0.274. The molecule has 1 spiro atoms. The van der Waals surface area contributed by atoms with Gasteiger partial charge >= 0.3 is 29.8 Å². The monoisotopic (exact) mass is 801 g/mol. The Kier molecular flexibility index (Phi) is 9.00. The Morgan fingerprint density at radius 1 is 0.895 bits per heavy atom. The number of carbonyl (C=O) groups is 6. The smallest absolute Gasteiger partial charge is 0.341 e. The van der Waals surface area contributed by atoms with Crippen molar-refractivity contribution in [1.29, 1.82) is 0 Å². The first kappa shape index (κ1) is 40.0. The number of aliphatic hydroxyl groups excluding tert-OH is 1. The maximum atomic E-state index is 15.3. The first-order valence-corrected chi connectivity index (χ1v) is 19.9. The first-order valence-electron chi connectivity index (χ1n) is 19.9. The van der Waals surface area contributed by atoms with Crippen LogP contribution in [0.2, 0.25) is 0 Å². The van der Waals surface area contributed by atoms with Crippen LogP contribution in [0.3, 0.4) is 0 Å². The zero-order valence-electron chi connectivity index (χ0n) is 33.2. The van der Waals surface area contributed by atoms with Crippen molar-refractivity contribution in [3.63, 3.8) is 0 Å². The van der Waals surface area contributed by atoms with Gasteiger partial charge in [0.25, 0.3) is 0 Å². The molecule has 0 bridgehead atoms. The molecular weight excluding hydrogens is 750 g/mol. The summed E-state index contributed by atoms with van der Waals surface area (Å²) in [6, 6.07) is 0. The summed E-state index contributed by atoms with van der Waals surface area (Å²) in [7, 11) is 0. The number of hydrogen-bond donors (Lipinski definition) is 2. The Hall–Kier alpha value is -3.83. The van der Waals surface area contributed by atoms with Crippen molar-refractivity contribution < 1.29 is 72.1 Å². The molecule has 18 heteroatoms. The molecular formula is C39H51N3O15. The van der Waals surface area contributed by atoms with Gasteiger partial charge in [0.1, 0.15) is 30.5 Å². The van der Waals surface area contributed by atoms with Gasteiger partial charge in [-0.3, -0.25) is 24.0 Å². The highest BCUT2D eigenvalue weighted by Gasteiger charge is 2.93. The van der Waals surface area contributed by atoms with Gasteiger partial charge < -0.3 is 43.4 Å². The van der Waals surface area contributed by atoms with Gasteiger partial charge in [0.2, 0.25) is 5.79 Å². The molecule has 20 atom stereocenters. The van der Waals surface area contributed by atoms with Crippen LogP contribution in [0.15, 0.2) is 5.11 Å². The minimum absolute atomic E-state index is 0.133. The fourth-order valence-electron chi connectivity index (χ4n) is 13.7. The van der Waals surface area contributed by atoms with Crippen LogP contribution in [0.5, 0.6) is 0 Å². The lowest BCUT2D eigenvalue weighted by Gasteiger charge is -2.65. The highest BCUT2D eigenvalue weighted by Crippen LogP contribution is 2.80. The first-order chi connectivity index (χ1) is 26.7. The van der Waals surface area contributed by atoms with Crippen molar-refractivity contribution >= 4 is 35.6 Å². The van der Waals surface area contributed by atoms with Crippen molar-refractivity contribution in [3.8, 4) is 0 Å². The molecule has 57 heavy (non-hydrogen) atoms. The third-order valence-electron chi connectivity index (χ3n) is 15.9. The summed E-state index contributed by atoms with van der Waals surface area (Å²) in [6.45, 7) is 12.1. The largest absolute Gasteiger partial charge is 0.459 e. The molecule has 18 nitrogen and oxygen atoms in total. The molecule has 3 heterocycles. The number of esters is 5. The summed E-state index contributed by atoms with van der Waals surface area (Å²) in [4.78, 5) is 84.7. The second kappa shape index (κ2) is 12.8. The summed E-state index contributed by atoms with van der Waals surface area (Å²) in [5.41, 5.74) is 2.11. The number of ether oxygens (including phenoxy) is 7. The summed E-state index contributed by atoms with van der Waals surface area (Å²) < 4.78 is 42.9. The van der Waals surface area contributed by atoms with Crippen LogP contribution < -0.4 is 0 Å². The standard InChI is InChI=1S/C39H51N3O15/c1-14-22-25(37(7)38(8,50)34(49)57-39(37)31(14)56-39)27(48)23-21-24(30(51-15(2)43)33(36(22,23)6)53-17(4)45)35(5)18(13-19-28(54-19)32(35)52-16(3)44)26(47)29(21)55-20(46)11-9-10-12-41-42-40/h14,18-19,21-25,27-33,48,50H,9-13H2,1-8H3/t14-,18+,19-,21-,22-,23+,24+,25-,27+,28-,29+,30-,31+,32-,33-,35-,36+,37-,38+,39-/m0/s1. The quantitative estimate of drug-likeness (QED) is 0.0643. The van der Waals surface area contributed by atoms with Gasteiger partial charge in [-0.2, -0.15) is 0 Å². The summed E-state index contributed by atoms with van der Waals surface area (Å²) in [5, 5.41) is 28.7. The number of aliphatic hydroxyl groups is 2. The van der Waals surface area contributed by atoms with E-state index in [4.69, 9.17) is 38.7 Å². The Bertz CT molecular complexity index is 1870. The number of ketones is 1. The number of hydrogen-bond acceptors (Lipinski definition) is 16. The molecule has 0 radical (unpaired) electrons. The van der Waals surface area contributed by atoms with Crippen LogP contribution in [-0.4, -0.2) is 113 Å². The van der Waals surface area contributed by atoms with Gasteiger partial charge in [0, 0.05) is 79.1 Å². The third-order valence-corrected chi connectivity index (χ3v) is 15.9. The van der Waals surface area contributed by atoms with E-state index in [0.29, 0.717) is 6.42 Å². The summed E-state index contributed by atoms with van der Waals surface area (Å²) in [5.74, 6) is -12.4. The number of nitrogens with zero attached hydrogens (tertiary/aromatic N) is 3. The molecule has 0 amide bonds. The van der Waals surface area contributed by atoms with Gasteiger partial charge in [-0.25, -0.2) is 4.79 Å². The molecule has 8 fully saturated rings. The van der Waals surface area contributed by atoms with E-state index in [1.54, 1.807) is 20.8 Å². The van der Waals surface area contributed by atoms with Crippen LogP contribution >= 0.6 is 0 Å². The predicted octanol–water partition coefficient (Wildman–Crippen LogP) is 2.08. The number of azide groups is 1. The van der Waals surface area contributed by atoms with Crippen molar-refractivity contribution in [2.45, 2.75) is 141 Å². The van der Waals surface area contributed by atoms with Crippen LogP contribution in [0.25, 0.3) is 10.4 Å². The molecule has 3 saturated heterocycles. The fraction of sp³-hybridized carbons (Fsp3) is 0.846. The Morgan fingerprint density at radius 2 is 1.54 bits per heavy atom. The number of unbranched alkanes of at least 4 members (excludes halogenated alkanes) is 1. The van der Waals surface area contributed by atoms with E-state index in [2.05, 4.69) is 10.0 Å².